The monoisotopic (exact) mass is 1060 g/mol. The highest BCUT2D eigenvalue weighted by Crippen LogP contribution is 2.33. The van der Waals surface area contributed by atoms with Gasteiger partial charge in [0.2, 0.25) is 35.5 Å². The van der Waals surface area contributed by atoms with Crippen molar-refractivity contribution in [1.29, 1.82) is 0 Å². The molecule has 3 aliphatic rings. The van der Waals surface area contributed by atoms with E-state index in [0.29, 0.717) is 49.0 Å². The quantitative estimate of drug-likeness (QED) is 0.0364. The van der Waals surface area contributed by atoms with E-state index in [1.54, 1.807) is 17.5 Å². The third-order valence-electron chi connectivity index (χ3n) is 14.9. The van der Waals surface area contributed by atoms with E-state index < -0.39 is 23.6 Å². The van der Waals surface area contributed by atoms with Crippen LogP contribution in [0.3, 0.4) is 0 Å². The Bertz CT molecular complexity index is 2990. The van der Waals surface area contributed by atoms with Crippen LogP contribution in [-0.2, 0) is 25.7 Å². The summed E-state index contributed by atoms with van der Waals surface area (Å²) in [5, 5.41) is 23.5. The molecule has 3 aromatic heterocycles. The minimum atomic E-state index is -0.853. The molecule has 0 radical (unpaired) electrons. The predicted octanol–water partition coefficient (Wildman–Crippen LogP) is 7.98. The number of aliphatic hydroxyl groups excluding tert-OH is 1. The topological polar surface area (TPSA) is 206 Å². The van der Waals surface area contributed by atoms with Gasteiger partial charge in [-0.1, -0.05) is 82.7 Å². The maximum absolute atomic E-state index is 14.1. The first-order valence-corrected chi connectivity index (χ1v) is 28.0. The van der Waals surface area contributed by atoms with Crippen molar-refractivity contribution in [2.75, 3.05) is 67.9 Å². The molecular weight excluding hydrogens is 991 g/mol. The zero-order valence-corrected chi connectivity index (χ0v) is 45.6. The van der Waals surface area contributed by atoms with Crippen LogP contribution in [0, 0.1) is 12.3 Å². The van der Waals surface area contributed by atoms with Gasteiger partial charge in [0.1, 0.15) is 17.6 Å². The van der Waals surface area contributed by atoms with Crippen LogP contribution >= 0.6 is 11.3 Å². The van der Waals surface area contributed by atoms with Crippen LogP contribution in [0.4, 0.5) is 29.0 Å². The summed E-state index contributed by atoms with van der Waals surface area (Å²) in [6.07, 6.45) is 8.12. The fourth-order valence-corrected chi connectivity index (χ4v) is 11.4. The zero-order valence-electron chi connectivity index (χ0n) is 44.8. The summed E-state index contributed by atoms with van der Waals surface area (Å²) < 4.78 is 2.11. The maximum Gasteiger partial charge on any atom is 0.246 e. The number of rotatable bonds is 20. The third kappa shape index (κ3) is 13.7. The number of nitrogens with zero attached hydrogens (tertiary/aromatic N) is 9. The number of hydrogen-bond donors (Lipinski definition) is 5. The number of carbonyl (C=O) groups excluding carboxylic acids is 4. The molecule has 9 rings (SSSR count). The number of carbonyl (C=O) groups is 4. The summed E-state index contributed by atoms with van der Waals surface area (Å²) >= 11 is 1.59. The summed E-state index contributed by atoms with van der Waals surface area (Å²) in [7, 11) is 0. The second-order valence-corrected chi connectivity index (χ2v) is 22.4. The van der Waals surface area contributed by atoms with E-state index >= 15 is 0 Å². The van der Waals surface area contributed by atoms with Crippen molar-refractivity contribution in [3.8, 4) is 10.4 Å². The van der Waals surface area contributed by atoms with Crippen LogP contribution in [0.15, 0.2) is 103 Å². The molecular formula is C58H73N13O5S. The normalized spacial score (nSPS) is 18.5. The highest BCUT2D eigenvalue weighted by atomic mass is 32.1. The summed E-state index contributed by atoms with van der Waals surface area (Å²) in [6, 6.07) is 24.5. The molecule has 3 fully saturated rings. The van der Waals surface area contributed by atoms with Crippen molar-refractivity contribution in [3.05, 3.63) is 114 Å². The molecule has 3 saturated heterocycles. The number of aliphatic hydroxyl groups is 1. The van der Waals surface area contributed by atoms with Gasteiger partial charge in [-0.25, -0.2) is 15.0 Å². The third-order valence-corrected chi connectivity index (χ3v) is 15.9. The van der Waals surface area contributed by atoms with Gasteiger partial charge in [0, 0.05) is 82.3 Å². The molecule has 77 heavy (non-hydrogen) atoms. The largest absolute Gasteiger partial charge is 0.391 e. The molecule has 4 unspecified atom stereocenters. The van der Waals surface area contributed by atoms with Crippen LogP contribution < -0.4 is 26.2 Å². The minimum Gasteiger partial charge on any atom is -0.391 e. The molecule has 4 atom stereocenters. The molecule has 6 heterocycles. The van der Waals surface area contributed by atoms with Crippen LogP contribution in [0.5, 0.6) is 0 Å². The Morgan fingerprint density at radius 1 is 0.857 bits per heavy atom. The van der Waals surface area contributed by atoms with E-state index in [9.17, 15) is 24.3 Å². The van der Waals surface area contributed by atoms with Crippen LogP contribution in [0.1, 0.15) is 89.4 Å². The number of thiazole rings is 1. The number of imidazole rings is 1. The molecule has 406 valence electrons. The van der Waals surface area contributed by atoms with Gasteiger partial charge in [-0.05, 0) is 98.2 Å². The first kappa shape index (κ1) is 54.6. The Morgan fingerprint density at radius 3 is 2.31 bits per heavy atom. The van der Waals surface area contributed by atoms with Gasteiger partial charge in [0.15, 0.2) is 5.65 Å². The van der Waals surface area contributed by atoms with Crippen molar-refractivity contribution in [2.24, 2.45) is 5.41 Å². The van der Waals surface area contributed by atoms with Crippen LogP contribution in [0.25, 0.3) is 21.6 Å². The first-order chi connectivity index (χ1) is 37.2. The lowest BCUT2D eigenvalue weighted by molar-refractivity contribution is -0.144. The Hall–Kier alpha value is -7.22. The van der Waals surface area contributed by atoms with Crippen molar-refractivity contribution < 1.29 is 24.3 Å². The van der Waals surface area contributed by atoms with E-state index in [1.165, 1.54) is 11.0 Å². The van der Waals surface area contributed by atoms with Crippen LogP contribution in [0.2, 0.25) is 0 Å². The number of aryl methyl sites for hydroxylation is 1. The molecule has 3 aliphatic heterocycles. The molecule has 18 nitrogen and oxygen atoms in total. The molecule has 5 N–H and O–H groups in total. The summed E-state index contributed by atoms with van der Waals surface area (Å²) in [5.41, 5.74) is 8.45. The molecule has 6 aromatic rings. The minimum absolute atomic E-state index is 0.0337. The number of piperidine rings is 1. The lowest BCUT2D eigenvalue weighted by Crippen LogP contribution is -2.57. The fraction of sp³-hybridized carbons (Fsp3) is 0.448. The van der Waals surface area contributed by atoms with Gasteiger partial charge in [0.25, 0.3) is 0 Å². The van der Waals surface area contributed by atoms with Gasteiger partial charge in [-0.3, -0.25) is 28.6 Å². The van der Waals surface area contributed by atoms with Crippen LogP contribution in [-0.4, -0.2) is 138 Å². The number of unbranched alkanes of at least 4 members (excludes halogenated alkanes) is 3. The van der Waals surface area contributed by atoms with Crippen molar-refractivity contribution >= 4 is 75.1 Å². The smallest absolute Gasteiger partial charge is 0.246 e. The number of fused-ring (bicyclic) bond motifs is 1. The SMILES string of the molecule is C=CC(=O)N1CCCC(n2c(Nc3ccccc3)nc3cnc(Nc4ccc(N5CCN(CCCCCCC(=O)NC(C(=O)N6CC(O)CC6C(=O)NCc6ccc(-c7scnc7C)cc6)C(C)(C)C)CC5)cc4)nc32)C1. The number of likely N-dealkylation sites (tertiary alicyclic amines) is 2. The molecule has 0 saturated carbocycles. The number of hydrogen-bond acceptors (Lipinski definition) is 14. The van der Waals surface area contributed by atoms with E-state index in [4.69, 9.17) is 9.97 Å². The lowest BCUT2D eigenvalue weighted by atomic mass is 9.85. The standard InChI is InChI=1S/C58H73N13O5S/c1-6-50(74)69-28-14-17-45(36-69)71-53-47(64-57(71)63-42-15-10-9-11-16-42)35-60-56(66-53)62-43-23-25-44(26-24-43)68-31-29-67(30-32-68)27-13-8-7-12-18-49(73)65-52(58(3,4)5)55(76)70-37-46(72)33-48(70)54(75)59-34-40-19-21-41(22-20-40)51-39(2)61-38-77-51/h6,9-11,15-16,19-26,35,38,45-46,48,52,72H,1,7-8,12-14,17-18,27-34,36-37H2,2-5H3,(H,59,75)(H,63,64)(H,65,73)(H,60,62,66). The van der Waals surface area contributed by atoms with Crippen molar-refractivity contribution in [2.45, 2.75) is 110 Å². The Labute approximate surface area is 455 Å². The number of amides is 4. The first-order valence-electron chi connectivity index (χ1n) is 27.1. The fourth-order valence-electron chi connectivity index (χ4n) is 10.6. The summed E-state index contributed by atoms with van der Waals surface area (Å²) in [4.78, 5) is 81.8. The second-order valence-electron chi connectivity index (χ2n) is 21.6. The van der Waals surface area contributed by atoms with Crippen molar-refractivity contribution in [3.63, 3.8) is 0 Å². The number of β-amino-alcohol motifs (C(OH)–C–C–N with tert-alkyl or cyclic N) is 1. The number of para-hydroxylation sites is 1. The van der Waals surface area contributed by atoms with Gasteiger partial charge in [0.05, 0.1) is 34.4 Å². The Morgan fingerprint density at radius 2 is 1.60 bits per heavy atom. The summed E-state index contributed by atoms with van der Waals surface area (Å²) in [6.45, 7) is 17.7. The van der Waals surface area contributed by atoms with Gasteiger partial charge in [-0.2, -0.15) is 4.98 Å². The highest BCUT2D eigenvalue weighted by molar-refractivity contribution is 7.13. The predicted molar refractivity (Wildman–Crippen MR) is 303 cm³/mol. The molecule has 0 spiro atoms. The molecule has 0 bridgehead atoms. The number of anilines is 5. The molecule has 19 heteroatoms. The van der Waals surface area contributed by atoms with Gasteiger partial charge >= 0.3 is 0 Å². The summed E-state index contributed by atoms with van der Waals surface area (Å²) in [5.74, 6) is 0.158. The molecule has 3 aromatic carbocycles. The number of piperazine rings is 1. The number of benzene rings is 3. The molecule has 4 amide bonds. The Kier molecular flexibility index (Phi) is 17.6. The maximum atomic E-state index is 14.1. The van der Waals surface area contributed by atoms with E-state index in [2.05, 4.69) is 76.4 Å². The van der Waals surface area contributed by atoms with E-state index in [-0.39, 0.29) is 49.2 Å². The average molecular weight is 1060 g/mol. The number of nitrogens with one attached hydrogen (secondary N) is 4. The lowest BCUT2D eigenvalue weighted by Gasteiger charge is -2.36. The number of aromatic nitrogens is 5. The zero-order chi connectivity index (χ0) is 54.1. The van der Waals surface area contributed by atoms with E-state index in [0.717, 1.165) is 104 Å². The van der Waals surface area contributed by atoms with Gasteiger partial charge < -0.3 is 41.1 Å². The van der Waals surface area contributed by atoms with Crippen molar-refractivity contribution in [1.82, 2.24) is 49.8 Å². The highest BCUT2D eigenvalue weighted by Gasteiger charge is 2.44. The Balaban J connectivity index is 0.698. The average Bonchev–Trinajstić information content (AvgIpc) is 4.18. The van der Waals surface area contributed by atoms with E-state index in [1.807, 2.05) is 92.7 Å². The van der Waals surface area contributed by atoms with Gasteiger partial charge in [-0.15, -0.1) is 11.3 Å². The second kappa shape index (κ2) is 24.8. The molecule has 0 aliphatic carbocycles.